The average molecular weight is 453 g/mol. The van der Waals surface area contributed by atoms with Crippen molar-refractivity contribution in [2.45, 2.75) is 0 Å². The first-order valence-corrected chi connectivity index (χ1v) is 10.6. The van der Waals surface area contributed by atoms with Crippen LogP contribution in [0.15, 0.2) is 76.8 Å². The van der Waals surface area contributed by atoms with Crippen molar-refractivity contribution in [2.24, 2.45) is 5.10 Å². The molecule has 0 bridgehead atoms. The molecule has 0 spiro atoms. The highest BCUT2D eigenvalue weighted by molar-refractivity contribution is 7.11. The van der Waals surface area contributed by atoms with Crippen LogP contribution in [0.5, 0.6) is 0 Å². The number of hydrazone groups is 1. The molecule has 31 heavy (non-hydrogen) atoms. The maximum atomic E-state index is 12.8. The molecule has 0 unspecified atom stereocenters. The van der Waals surface area contributed by atoms with Crippen molar-refractivity contribution in [1.82, 2.24) is 10.7 Å². The van der Waals surface area contributed by atoms with Gasteiger partial charge >= 0.3 is 0 Å². The van der Waals surface area contributed by atoms with Gasteiger partial charge in [0.1, 0.15) is 5.70 Å². The van der Waals surface area contributed by atoms with Gasteiger partial charge in [0.05, 0.1) is 16.8 Å². The Balaban J connectivity index is 1.84. The number of amides is 2. The fourth-order valence-electron chi connectivity index (χ4n) is 2.61. The number of halogens is 1. The fraction of sp³-hybridized carbons (Fsp3) is 0.0870. The molecule has 0 fully saturated rings. The molecule has 2 N–H and O–H groups in total. The summed E-state index contributed by atoms with van der Waals surface area (Å²) in [4.78, 5) is 28.3. The van der Waals surface area contributed by atoms with Crippen molar-refractivity contribution >= 4 is 52.7 Å². The van der Waals surface area contributed by atoms with E-state index in [2.05, 4.69) is 15.8 Å². The molecule has 0 atom stereocenters. The second kappa shape index (κ2) is 10.6. The van der Waals surface area contributed by atoms with E-state index in [-0.39, 0.29) is 11.3 Å². The van der Waals surface area contributed by atoms with Gasteiger partial charge in [0.15, 0.2) is 0 Å². The molecule has 158 valence electrons. The van der Waals surface area contributed by atoms with Crippen LogP contribution in [0.2, 0.25) is 5.02 Å². The van der Waals surface area contributed by atoms with Crippen molar-refractivity contribution in [3.63, 3.8) is 0 Å². The van der Waals surface area contributed by atoms with Crippen molar-refractivity contribution < 1.29 is 9.59 Å². The number of hydrogen-bond donors (Lipinski definition) is 2. The van der Waals surface area contributed by atoms with Crippen LogP contribution < -0.4 is 15.6 Å². The number of rotatable bonds is 7. The maximum Gasteiger partial charge on any atom is 0.287 e. The molecule has 0 saturated heterocycles. The largest absolute Gasteiger partial charge is 0.378 e. The molecule has 2 aromatic carbocycles. The first-order valence-electron chi connectivity index (χ1n) is 9.36. The van der Waals surface area contributed by atoms with Crippen LogP contribution in [0.25, 0.3) is 6.08 Å². The zero-order valence-corrected chi connectivity index (χ0v) is 18.6. The van der Waals surface area contributed by atoms with Crippen molar-refractivity contribution in [3.8, 4) is 0 Å². The SMILES string of the molecule is CN(C)c1ccc(/C=C(/NC(=O)c2ccccc2Cl)C(=O)N/N=C/c2cccs2)cc1. The lowest BCUT2D eigenvalue weighted by Gasteiger charge is -2.13. The van der Waals surface area contributed by atoms with Gasteiger partial charge in [-0.3, -0.25) is 9.59 Å². The molecule has 0 aliphatic rings. The van der Waals surface area contributed by atoms with Gasteiger partial charge in [-0.1, -0.05) is 41.9 Å². The summed E-state index contributed by atoms with van der Waals surface area (Å²) in [5.41, 5.74) is 4.54. The second-order valence-electron chi connectivity index (χ2n) is 6.69. The third-order valence-electron chi connectivity index (χ3n) is 4.23. The summed E-state index contributed by atoms with van der Waals surface area (Å²) in [6.45, 7) is 0. The number of carbonyl (C=O) groups is 2. The van der Waals surface area contributed by atoms with E-state index in [1.165, 1.54) is 11.3 Å². The number of carbonyl (C=O) groups excluding carboxylic acids is 2. The van der Waals surface area contributed by atoms with Crippen LogP contribution in [0.1, 0.15) is 20.8 Å². The van der Waals surface area contributed by atoms with Crippen LogP contribution in [0.4, 0.5) is 5.69 Å². The Kier molecular flexibility index (Phi) is 7.59. The van der Waals surface area contributed by atoms with Gasteiger partial charge in [-0.05, 0) is 47.4 Å². The van der Waals surface area contributed by atoms with Crippen LogP contribution in [0, 0.1) is 0 Å². The Hall–Kier alpha value is -3.42. The molecule has 2 amide bonds. The van der Waals surface area contributed by atoms with Gasteiger partial charge in [0.2, 0.25) is 0 Å². The van der Waals surface area contributed by atoms with Crippen LogP contribution in [0.3, 0.4) is 0 Å². The Labute approximate surface area is 189 Å². The van der Waals surface area contributed by atoms with E-state index >= 15 is 0 Å². The summed E-state index contributed by atoms with van der Waals surface area (Å²) >= 11 is 7.62. The quantitative estimate of drug-likeness (QED) is 0.317. The van der Waals surface area contributed by atoms with Gasteiger partial charge in [-0.15, -0.1) is 11.3 Å². The minimum absolute atomic E-state index is 0.0471. The summed E-state index contributed by atoms with van der Waals surface area (Å²) < 4.78 is 0. The van der Waals surface area contributed by atoms with Crippen molar-refractivity contribution in [1.29, 1.82) is 0 Å². The topological polar surface area (TPSA) is 73.8 Å². The minimum atomic E-state index is -0.551. The van der Waals surface area contributed by atoms with Gasteiger partial charge in [0.25, 0.3) is 11.8 Å². The third-order valence-corrected chi connectivity index (χ3v) is 5.37. The predicted octanol–water partition coefficient (Wildman–Crippen LogP) is 4.39. The molecule has 8 heteroatoms. The molecular formula is C23H21ClN4O2S. The summed E-state index contributed by atoms with van der Waals surface area (Å²) in [5.74, 6) is -1.04. The van der Waals surface area contributed by atoms with E-state index in [1.807, 2.05) is 60.8 Å². The lowest BCUT2D eigenvalue weighted by molar-refractivity contribution is -0.117. The molecule has 1 heterocycles. The summed E-state index contributed by atoms with van der Waals surface area (Å²) in [6.07, 6.45) is 3.13. The van der Waals surface area contributed by atoms with Crippen LogP contribution in [-0.4, -0.2) is 32.1 Å². The number of hydrogen-bond acceptors (Lipinski definition) is 5. The van der Waals surface area contributed by atoms with Gasteiger partial charge in [-0.25, -0.2) is 5.43 Å². The van der Waals surface area contributed by atoms with E-state index in [4.69, 9.17) is 11.6 Å². The lowest BCUT2D eigenvalue weighted by atomic mass is 10.1. The Bertz CT molecular complexity index is 1110. The van der Waals surface area contributed by atoms with E-state index < -0.39 is 11.8 Å². The summed E-state index contributed by atoms with van der Waals surface area (Å²) in [5, 5.41) is 8.83. The Morgan fingerprint density at radius 2 is 1.77 bits per heavy atom. The maximum absolute atomic E-state index is 12.8. The molecule has 3 rings (SSSR count). The van der Waals surface area contributed by atoms with Gasteiger partial charge < -0.3 is 10.2 Å². The lowest BCUT2D eigenvalue weighted by Crippen LogP contribution is -2.33. The summed E-state index contributed by atoms with van der Waals surface area (Å²) in [6, 6.07) is 18.0. The monoisotopic (exact) mass is 452 g/mol. The van der Waals surface area contributed by atoms with E-state index in [0.29, 0.717) is 5.02 Å². The standard InChI is InChI=1S/C23H21ClN4O2S/c1-28(2)17-11-9-16(10-12-17)14-21(23(30)27-25-15-18-6-5-13-31-18)26-22(29)19-7-3-4-8-20(19)24/h3-15H,1-2H3,(H,26,29)(H,27,30)/b21-14+,25-15+. The summed E-state index contributed by atoms with van der Waals surface area (Å²) in [7, 11) is 3.89. The van der Waals surface area contributed by atoms with Gasteiger partial charge in [-0.2, -0.15) is 5.10 Å². The van der Waals surface area contributed by atoms with E-state index in [9.17, 15) is 9.59 Å². The number of nitrogens with zero attached hydrogens (tertiary/aromatic N) is 2. The highest BCUT2D eigenvalue weighted by atomic mass is 35.5. The number of thiophene rings is 1. The van der Waals surface area contributed by atoms with E-state index in [1.54, 1.807) is 36.6 Å². The van der Waals surface area contributed by atoms with Crippen molar-refractivity contribution in [2.75, 3.05) is 19.0 Å². The van der Waals surface area contributed by atoms with Crippen LogP contribution in [-0.2, 0) is 4.79 Å². The molecule has 0 aliphatic heterocycles. The molecular weight excluding hydrogens is 432 g/mol. The molecule has 1 aromatic heterocycles. The van der Waals surface area contributed by atoms with Crippen molar-refractivity contribution in [3.05, 3.63) is 92.8 Å². The highest BCUT2D eigenvalue weighted by Crippen LogP contribution is 2.17. The number of nitrogens with one attached hydrogen (secondary N) is 2. The van der Waals surface area contributed by atoms with Gasteiger partial charge in [0, 0.05) is 24.7 Å². The highest BCUT2D eigenvalue weighted by Gasteiger charge is 2.16. The fourth-order valence-corrected chi connectivity index (χ4v) is 3.41. The number of benzene rings is 2. The molecule has 0 radical (unpaired) electrons. The zero-order chi connectivity index (χ0) is 22.2. The molecule has 0 aliphatic carbocycles. The smallest absolute Gasteiger partial charge is 0.287 e. The molecule has 0 saturated carbocycles. The Morgan fingerprint density at radius 3 is 2.42 bits per heavy atom. The minimum Gasteiger partial charge on any atom is -0.378 e. The van der Waals surface area contributed by atoms with E-state index in [0.717, 1.165) is 16.1 Å². The van der Waals surface area contributed by atoms with Crippen LogP contribution >= 0.6 is 22.9 Å². The first kappa shape index (κ1) is 22.3. The Morgan fingerprint density at radius 1 is 1.03 bits per heavy atom. The third kappa shape index (κ3) is 6.28. The average Bonchev–Trinajstić information content (AvgIpc) is 3.27. The molecule has 3 aromatic rings. The predicted molar refractivity (Wildman–Crippen MR) is 128 cm³/mol. The second-order valence-corrected chi connectivity index (χ2v) is 8.08. The number of anilines is 1. The first-order chi connectivity index (χ1) is 14.9. The molecule has 6 nitrogen and oxygen atoms in total. The zero-order valence-electron chi connectivity index (χ0n) is 17.0. The normalized spacial score (nSPS) is 11.4.